The Morgan fingerprint density at radius 2 is 0.568 bits per heavy atom. The molecule has 0 saturated carbocycles. The van der Waals surface area contributed by atoms with E-state index in [9.17, 15) is 0 Å². The van der Waals surface area contributed by atoms with E-state index in [1.807, 2.05) is 12.1 Å². The number of aryl methyl sites for hydroxylation is 4. The Morgan fingerprint density at radius 1 is 0.311 bits per heavy atom. The van der Waals surface area contributed by atoms with Gasteiger partial charge in [0.1, 0.15) is 0 Å². The van der Waals surface area contributed by atoms with Crippen LogP contribution >= 0.6 is 0 Å². The maximum absolute atomic E-state index is 5.25. The number of hydrogen-bond acceptors (Lipinski definition) is 5. The molecule has 413 valence electrons. The van der Waals surface area contributed by atoms with Crippen molar-refractivity contribution in [3.63, 3.8) is 0 Å². The van der Waals surface area contributed by atoms with Gasteiger partial charge in [-0.25, -0.2) is 0 Å². The molecule has 2 N–H and O–H groups in total. The van der Waals surface area contributed by atoms with Crippen LogP contribution in [0.15, 0.2) is 48.5 Å². The van der Waals surface area contributed by atoms with Gasteiger partial charge in [0.05, 0.1) is 0 Å². The van der Waals surface area contributed by atoms with E-state index in [1.54, 1.807) is 33.4 Å². The van der Waals surface area contributed by atoms with E-state index >= 15 is 0 Å². The molecule has 1 aromatic heterocycles. The number of nitrogens with zero attached hydrogens (tertiary/aromatic N) is 3. The van der Waals surface area contributed by atoms with Gasteiger partial charge < -0.3 is 10.6 Å². The van der Waals surface area contributed by atoms with Crippen LogP contribution in [0.25, 0.3) is 11.4 Å². The van der Waals surface area contributed by atoms with Crippen LogP contribution in [-0.2, 0) is 38.5 Å². The summed E-state index contributed by atoms with van der Waals surface area (Å²) in [7, 11) is 0. The van der Waals surface area contributed by atoms with Gasteiger partial charge in [-0.3, -0.25) is 0 Å². The number of rotatable bonds is 47. The van der Waals surface area contributed by atoms with Crippen molar-refractivity contribution in [2.24, 2.45) is 0 Å². The second-order valence-corrected chi connectivity index (χ2v) is 22.5. The minimum Gasteiger partial charge on any atom is -0.324 e. The molecule has 0 saturated heterocycles. The van der Waals surface area contributed by atoms with Crippen LogP contribution in [0.4, 0.5) is 23.3 Å². The molecule has 0 unspecified atom stereocenters. The topological polar surface area (TPSA) is 62.7 Å². The van der Waals surface area contributed by atoms with Gasteiger partial charge in [0.15, 0.2) is 5.82 Å². The quantitative estimate of drug-likeness (QED) is 0.0432. The highest BCUT2D eigenvalue weighted by Crippen LogP contribution is 2.32. The van der Waals surface area contributed by atoms with Gasteiger partial charge in [-0.2, -0.15) is 15.0 Å². The zero-order valence-corrected chi connectivity index (χ0v) is 49.2. The van der Waals surface area contributed by atoms with Crippen LogP contribution in [-0.4, -0.2) is 15.0 Å². The molecular weight excluding hydrogens is 899 g/mol. The summed E-state index contributed by atoms with van der Waals surface area (Å²) in [6, 6.07) is 21.2. The van der Waals surface area contributed by atoms with Crippen LogP contribution in [0.2, 0.25) is 0 Å². The third kappa shape index (κ3) is 26.4. The van der Waals surface area contributed by atoms with E-state index in [4.69, 9.17) is 15.0 Å². The molecule has 1 radical (unpaired) electrons. The van der Waals surface area contributed by atoms with Crippen molar-refractivity contribution in [3.05, 3.63) is 88.0 Å². The van der Waals surface area contributed by atoms with Crippen LogP contribution in [0, 0.1) is 6.07 Å². The van der Waals surface area contributed by atoms with E-state index in [1.165, 1.54) is 244 Å². The molecule has 74 heavy (non-hydrogen) atoms. The van der Waals surface area contributed by atoms with Gasteiger partial charge in [0.2, 0.25) is 11.9 Å². The number of unbranched alkanes of at least 4 members (excludes halogenated alkanes) is 30. The third-order valence-electron chi connectivity index (χ3n) is 15.8. The number of anilines is 4. The highest BCUT2D eigenvalue weighted by Gasteiger charge is 2.17. The van der Waals surface area contributed by atoms with Crippen molar-refractivity contribution in [2.75, 3.05) is 10.6 Å². The summed E-state index contributed by atoms with van der Waals surface area (Å²) < 4.78 is 0. The summed E-state index contributed by atoms with van der Waals surface area (Å²) in [4.78, 5) is 15.6. The van der Waals surface area contributed by atoms with Gasteiger partial charge in [0.25, 0.3) is 0 Å². The van der Waals surface area contributed by atoms with Crippen LogP contribution in [0.3, 0.4) is 0 Å². The number of hydrogen-bond donors (Lipinski definition) is 2. The number of aromatic nitrogens is 3. The molecule has 0 aliphatic carbocycles. The first-order valence-electron chi connectivity index (χ1n) is 32.1. The fourth-order valence-corrected chi connectivity index (χ4v) is 11.2. The lowest BCUT2D eigenvalue weighted by Crippen LogP contribution is -2.09. The molecule has 1 heterocycles. The predicted octanol–water partition coefficient (Wildman–Crippen LogP) is 22.2. The maximum atomic E-state index is 5.25. The summed E-state index contributed by atoms with van der Waals surface area (Å²) in [5, 5.41) is 7.67. The molecular formula is C69H112N5. The van der Waals surface area contributed by atoms with E-state index < -0.39 is 0 Å². The second-order valence-electron chi connectivity index (χ2n) is 22.5. The SMILES string of the molecule is CCCCCCCCc1cc(Nc2nc(Nc3cc(CCCCCCCC)c(CCCCCCCC)c(CCCCCCCC)c3)nc(-c3cc[c]cc3)n2)cc(CCCCCCCC)c1CCCCCCCC. The van der Waals surface area contributed by atoms with Crippen molar-refractivity contribution in [1.29, 1.82) is 0 Å². The standard InChI is InChI=1S/C69H112N5/c1-7-13-19-25-31-38-48-59-54-63(55-60(49-39-32-26-20-14-8-2)65(59)52-44-35-29-23-17-11-5)70-68-72-67(58-46-42-37-43-47-58)73-69(74-68)71-64-56-61(50-40-33-27-21-15-9-3)66(53-45-36-30-24-18-12-6)62(57-64)51-41-34-28-22-16-10-4/h42-43,46-47,54-57H,7-36,38-41,44-45,48-53H2,1-6H3,(H2,70,71,72,73,74). The zero-order chi connectivity index (χ0) is 52.5. The first kappa shape index (κ1) is 62.8. The van der Waals surface area contributed by atoms with Crippen LogP contribution in [0.5, 0.6) is 0 Å². The molecule has 0 bridgehead atoms. The highest BCUT2D eigenvalue weighted by atomic mass is 15.2. The molecule has 3 aromatic carbocycles. The molecule has 4 rings (SSSR count). The summed E-state index contributed by atoms with van der Waals surface area (Å²) in [6.45, 7) is 13.9. The van der Waals surface area contributed by atoms with E-state index in [2.05, 4.69) is 94.6 Å². The molecule has 0 spiro atoms. The van der Waals surface area contributed by atoms with Gasteiger partial charge in [-0.15, -0.1) is 0 Å². The lowest BCUT2D eigenvalue weighted by atomic mass is 9.89. The lowest BCUT2D eigenvalue weighted by Gasteiger charge is -2.20. The monoisotopic (exact) mass is 1010 g/mol. The van der Waals surface area contributed by atoms with E-state index in [-0.39, 0.29) is 0 Å². The average Bonchev–Trinajstić information content (AvgIpc) is 3.41. The first-order chi connectivity index (χ1) is 36.5. The van der Waals surface area contributed by atoms with Gasteiger partial charge in [-0.05, 0) is 141 Å². The van der Waals surface area contributed by atoms with Crippen molar-refractivity contribution in [1.82, 2.24) is 15.0 Å². The molecule has 4 aromatic rings. The summed E-state index contributed by atoms with van der Waals surface area (Å²) >= 11 is 0. The zero-order valence-electron chi connectivity index (χ0n) is 49.2. The fraction of sp³-hybridized carbons (Fsp3) is 0.696. The normalized spacial score (nSPS) is 11.5. The molecule has 5 nitrogen and oxygen atoms in total. The lowest BCUT2D eigenvalue weighted by molar-refractivity contribution is 0.593. The summed E-state index contributed by atoms with van der Waals surface area (Å²) in [5.41, 5.74) is 12.7. The molecule has 5 heteroatoms. The van der Waals surface area contributed by atoms with Gasteiger partial charge in [0, 0.05) is 16.9 Å². The Balaban J connectivity index is 1.75. The number of benzene rings is 3. The van der Waals surface area contributed by atoms with Crippen molar-refractivity contribution < 1.29 is 0 Å². The molecule has 0 aliphatic heterocycles. The van der Waals surface area contributed by atoms with E-state index in [0.29, 0.717) is 17.7 Å². The van der Waals surface area contributed by atoms with E-state index in [0.717, 1.165) is 42.6 Å². The Morgan fingerprint density at radius 3 is 0.851 bits per heavy atom. The third-order valence-corrected chi connectivity index (χ3v) is 15.8. The summed E-state index contributed by atoms with van der Waals surface area (Å²) in [5.74, 6) is 1.88. The minimum absolute atomic E-state index is 0.601. The summed E-state index contributed by atoms with van der Waals surface area (Å²) in [6.07, 6.45) is 54.5. The van der Waals surface area contributed by atoms with Gasteiger partial charge in [-0.1, -0.05) is 258 Å². The first-order valence-corrected chi connectivity index (χ1v) is 32.1. The van der Waals surface area contributed by atoms with Crippen molar-refractivity contribution >= 4 is 23.3 Å². The fourth-order valence-electron chi connectivity index (χ4n) is 11.2. The van der Waals surface area contributed by atoms with Crippen LogP contribution in [0.1, 0.15) is 306 Å². The highest BCUT2D eigenvalue weighted by molar-refractivity contribution is 5.66. The second kappa shape index (κ2) is 41.4. The molecule has 0 amide bonds. The minimum atomic E-state index is 0.601. The maximum Gasteiger partial charge on any atom is 0.232 e. The smallest absolute Gasteiger partial charge is 0.232 e. The Labute approximate surface area is 457 Å². The largest absolute Gasteiger partial charge is 0.324 e. The molecule has 0 fully saturated rings. The van der Waals surface area contributed by atoms with Crippen molar-refractivity contribution in [3.8, 4) is 11.4 Å². The van der Waals surface area contributed by atoms with Crippen molar-refractivity contribution in [2.45, 2.75) is 311 Å². The van der Waals surface area contributed by atoms with Crippen LogP contribution < -0.4 is 10.6 Å². The Bertz CT molecular complexity index is 1790. The number of nitrogens with one attached hydrogen (secondary N) is 2. The molecule has 0 aliphatic rings. The molecule has 0 atom stereocenters. The van der Waals surface area contributed by atoms with Gasteiger partial charge >= 0.3 is 0 Å². The Hall–Kier alpha value is -3.73. The predicted molar refractivity (Wildman–Crippen MR) is 326 cm³/mol. The Kier molecular flexibility index (Phi) is 35.2. The average molecular weight is 1010 g/mol.